The van der Waals surface area contributed by atoms with Crippen molar-refractivity contribution < 1.29 is 4.79 Å². The van der Waals surface area contributed by atoms with Gasteiger partial charge in [0.15, 0.2) is 4.34 Å². The number of anilines is 2. The fourth-order valence-corrected chi connectivity index (χ4v) is 4.57. The van der Waals surface area contributed by atoms with Gasteiger partial charge in [-0.3, -0.25) is 4.79 Å². The van der Waals surface area contributed by atoms with Crippen LogP contribution in [0.5, 0.6) is 0 Å². The highest BCUT2D eigenvalue weighted by atomic mass is 32.2. The molecule has 25 heavy (non-hydrogen) atoms. The molecule has 0 unspecified atom stereocenters. The van der Waals surface area contributed by atoms with Gasteiger partial charge in [0.1, 0.15) is 0 Å². The van der Waals surface area contributed by atoms with Gasteiger partial charge in [0, 0.05) is 11.7 Å². The smallest absolute Gasteiger partial charge is 0.230 e. The van der Waals surface area contributed by atoms with E-state index >= 15 is 0 Å². The topological polar surface area (TPSA) is 66.9 Å². The van der Waals surface area contributed by atoms with Crippen LogP contribution >= 0.6 is 23.1 Å². The second-order valence-electron chi connectivity index (χ2n) is 6.59. The number of hydrogen-bond donors (Lipinski definition) is 2. The molecule has 1 fully saturated rings. The number of amides is 1. The summed E-state index contributed by atoms with van der Waals surface area (Å²) in [6, 6.07) is 8.46. The maximum absolute atomic E-state index is 12.2. The molecule has 0 radical (unpaired) electrons. The Kier molecular flexibility index (Phi) is 6.31. The van der Waals surface area contributed by atoms with Crippen LogP contribution in [-0.2, 0) is 4.79 Å². The van der Waals surface area contributed by atoms with Gasteiger partial charge in [-0.25, -0.2) is 0 Å². The lowest BCUT2D eigenvalue weighted by molar-refractivity contribution is -0.119. The molecule has 2 atom stereocenters. The van der Waals surface area contributed by atoms with Crippen LogP contribution in [0.15, 0.2) is 28.6 Å². The molecule has 5 nitrogen and oxygen atoms in total. The monoisotopic (exact) mass is 376 g/mol. The zero-order valence-corrected chi connectivity index (χ0v) is 16.3. The van der Waals surface area contributed by atoms with Crippen molar-refractivity contribution in [3.63, 3.8) is 0 Å². The molecule has 134 valence electrons. The van der Waals surface area contributed by atoms with Crippen molar-refractivity contribution in [3.05, 3.63) is 29.8 Å². The first-order valence-electron chi connectivity index (χ1n) is 8.69. The third-order valence-corrected chi connectivity index (χ3v) is 6.47. The second-order valence-corrected chi connectivity index (χ2v) is 8.79. The Balaban J connectivity index is 1.46. The van der Waals surface area contributed by atoms with Crippen LogP contribution in [0.25, 0.3) is 0 Å². The Morgan fingerprint density at radius 2 is 2.00 bits per heavy atom. The summed E-state index contributed by atoms with van der Waals surface area (Å²) in [5, 5.41) is 15.5. The normalized spacial score (nSPS) is 20.2. The number of hydrogen-bond acceptors (Lipinski definition) is 6. The average molecular weight is 377 g/mol. The number of carbonyl (C=O) groups is 1. The van der Waals surface area contributed by atoms with E-state index < -0.39 is 0 Å². The predicted octanol–water partition coefficient (Wildman–Crippen LogP) is 4.38. The van der Waals surface area contributed by atoms with Crippen LogP contribution in [0.1, 0.15) is 38.2 Å². The summed E-state index contributed by atoms with van der Waals surface area (Å²) in [5.41, 5.74) is 2.21. The van der Waals surface area contributed by atoms with Crippen LogP contribution in [-0.4, -0.2) is 27.9 Å². The van der Waals surface area contributed by atoms with Crippen molar-refractivity contribution in [3.8, 4) is 0 Å². The molecule has 0 spiro atoms. The van der Waals surface area contributed by atoms with Gasteiger partial charge >= 0.3 is 0 Å². The van der Waals surface area contributed by atoms with Gasteiger partial charge in [-0.1, -0.05) is 60.6 Å². The first-order chi connectivity index (χ1) is 12.1. The van der Waals surface area contributed by atoms with Crippen LogP contribution in [0.3, 0.4) is 0 Å². The van der Waals surface area contributed by atoms with Crippen molar-refractivity contribution in [1.82, 2.24) is 15.5 Å². The molecule has 1 saturated carbocycles. The minimum Gasteiger partial charge on any atom is -0.352 e. The van der Waals surface area contributed by atoms with Gasteiger partial charge in [0.2, 0.25) is 11.0 Å². The summed E-state index contributed by atoms with van der Waals surface area (Å²) in [4.78, 5) is 12.2. The number of aryl methyl sites for hydroxylation is 1. The van der Waals surface area contributed by atoms with Crippen LogP contribution in [0, 0.1) is 12.8 Å². The number of rotatable bonds is 6. The van der Waals surface area contributed by atoms with E-state index in [1.807, 2.05) is 12.1 Å². The minimum absolute atomic E-state index is 0.0898. The third kappa shape index (κ3) is 5.44. The highest BCUT2D eigenvalue weighted by Crippen LogP contribution is 2.28. The fraction of sp³-hybridized carbons (Fsp3) is 0.500. The number of carbonyl (C=O) groups excluding carboxylic acids is 1. The highest BCUT2D eigenvalue weighted by molar-refractivity contribution is 8.01. The molecule has 2 aromatic rings. The lowest BCUT2D eigenvalue weighted by atomic mass is 9.86. The SMILES string of the molecule is Cc1ccc(Nc2nnc(SCC(=O)N[C@@H]3CCCC[C@H]3C)s2)cc1. The van der Waals surface area contributed by atoms with E-state index in [0.29, 0.717) is 17.7 Å². The summed E-state index contributed by atoms with van der Waals surface area (Å²) in [6.07, 6.45) is 4.81. The van der Waals surface area contributed by atoms with E-state index in [2.05, 4.69) is 46.8 Å². The van der Waals surface area contributed by atoms with E-state index in [1.165, 1.54) is 47.9 Å². The second kappa shape index (κ2) is 8.67. The Morgan fingerprint density at radius 1 is 1.24 bits per heavy atom. The van der Waals surface area contributed by atoms with Gasteiger partial charge in [0.05, 0.1) is 5.75 Å². The number of nitrogens with one attached hydrogen (secondary N) is 2. The van der Waals surface area contributed by atoms with Crippen LogP contribution in [0.2, 0.25) is 0 Å². The number of thioether (sulfide) groups is 1. The van der Waals surface area contributed by atoms with Crippen molar-refractivity contribution in [1.29, 1.82) is 0 Å². The zero-order valence-electron chi connectivity index (χ0n) is 14.6. The highest BCUT2D eigenvalue weighted by Gasteiger charge is 2.22. The van der Waals surface area contributed by atoms with Gasteiger partial charge in [0.25, 0.3) is 0 Å². The number of aromatic nitrogens is 2. The molecule has 0 aliphatic heterocycles. The summed E-state index contributed by atoms with van der Waals surface area (Å²) in [7, 11) is 0. The van der Waals surface area contributed by atoms with Crippen molar-refractivity contribution in [2.24, 2.45) is 5.92 Å². The summed E-state index contributed by atoms with van der Waals surface area (Å²) in [6.45, 7) is 4.29. The molecule has 1 heterocycles. The minimum atomic E-state index is 0.0898. The molecular formula is C18H24N4OS2. The first-order valence-corrected chi connectivity index (χ1v) is 10.5. The van der Waals surface area contributed by atoms with Gasteiger partial charge in [-0.15, -0.1) is 10.2 Å². The largest absolute Gasteiger partial charge is 0.352 e. The Labute approximate surface area is 157 Å². The maximum Gasteiger partial charge on any atom is 0.230 e. The molecule has 1 aliphatic carbocycles. The van der Waals surface area contributed by atoms with Gasteiger partial charge in [-0.05, 0) is 37.8 Å². The van der Waals surface area contributed by atoms with Crippen molar-refractivity contribution in [2.45, 2.75) is 49.9 Å². The standard InChI is InChI=1S/C18H24N4OS2/c1-12-7-9-14(10-8-12)19-17-21-22-18(25-17)24-11-16(23)20-15-6-4-3-5-13(15)2/h7-10,13,15H,3-6,11H2,1-2H3,(H,19,21)(H,20,23)/t13-,15-/m1/s1. The molecular weight excluding hydrogens is 352 g/mol. The van der Waals surface area contributed by atoms with Crippen molar-refractivity contribution >= 4 is 39.8 Å². The molecule has 1 aromatic heterocycles. The van der Waals surface area contributed by atoms with Crippen LogP contribution < -0.4 is 10.6 Å². The lowest BCUT2D eigenvalue weighted by Gasteiger charge is -2.29. The van der Waals surface area contributed by atoms with Gasteiger partial charge < -0.3 is 10.6 Å². The molecule has 0 saturated heterocycles. The Morgan fingerprint density at radius 3 is 2.76 bits per heavy atom. The average Bonchev–Trinajstić information content (AvgIpc) is 3.05. The van der Waals surface area contributed by atoms with E-state index in [4.69, 9.17) is 0 Å². The maximum atomic E-state index is 12.2. The summed E-state index contributed by atoms with van der Waals surface area (Å²) < 4.78 is 0.807. The Hall–Kier alpha value is -1.60. The zero-order chi connectivity index (χ0) is 17.6. The van der Waals surface area contributed by atoms with Crippen LogP contribution in [0.4, 0.5) is 10.8 Å². The first kappa shape index (κ1) is 18.2. The summed E-state index contributed by atoms with van der Waals surface area (Å²) >= 11 is 2.92. The third-order valence-electron chi connectivity index (χ3n) is 4.49. The number of nitrogens with zero attached hydrogens (tertiary/aromatic N) is 2. The van der Waals surface area contributed by atoms with E-state index in [9.17, 15) is 4.79 Å². The van der Waals surface area contributed by atoms with E-state index in [1.54, 1.807) is 0 Å². The van der Waals surface area contributed by atoms with E-state index in [0.717, 1.165) is 21.6 Å². The molecule has 1 amide bonds. The quantitative estimate of drug-likeness (QED) is 0.733. The molecule has 0 bridgehead atoms. The molecule has 2 N–H and O–H groups in total. The molecule has 1 aliphatic rings. The Bertz CT molecular complexity index is 701. The summed E-state index contributed by atoms with van der Waals surface area (Å²) in [5.74, 6) is 1.06. The van der Waals surface area contributed by atoms with E-state index in [-0.39, 0.29) is 5.91 Å². The van der Waals surface area contributed by atoms with Crippen molar-refractivity contribution in [2.75, 3.05) is 11.1 Å². The predicted molar refractivity (Wildman–Crippen MR) is 105 cm³/mol. The lowest BCUT2D eigenvalue weighted by Crippen LogP contribution is -2.41. The molecule has 3 rings (SSSR count). The number of benzene rings is 1. The van der Waals surface area contributed by atoms with Gasteiger partial charge in [-0.2, -0.15) is 0 Å². The molecule has 1 aromatic carbocycles. The molecule has 7 heteroatoms. The fourth-order valence-electron chi connectivity index (χ4n) is 2.99.